The van der Waals surface area contributed by atoms with E-state index in [0.29, 0.717) is 15.8 Å². The Bertz CT molecular complexity index is 656. The van der Waals surface area contributed by atoms with Crippen LogP contribution in [0.2, 0.25) is 0 Å². The molecule has 0 aromatic heterocycles. The van der Waals surface area contributed by atoms with Crippen LogP contribution in [0.3, 0.4) is 0 Å². The first-order valence-electron chi connectivity index (χ1n) is 5.89. The van der Waals surface area contributed by atoms with Crippen molar-refractivity contribution in [2.45, 2.75) is 13.5 Å². The zero-order valence-electron chi connectivity index (χ0n) is 10.7. The molecule has 0 saturated carbocycles. The number of para-hydroxylation sites is 1. The highest BCUT2D eigenvalue weighted by Gasteiger charge is 2.14. The molecule has 1 N–H and O–H groups in total. The molecule has 0 aliphatic carbocycles. The highest BCUT2D eigenvalue weighted by molar-refractivity contribution is 9.10. The van der Waals surface area contributed by atoms with Gasteiger partial charge in [0.1, 0.15) is 23.7 Å². The zero-order chi connectivity index (χ0) is 14.7. The molecule has 2 rings (SSSR count). The molecule has 5 heteroatoms. The molecule has 0 aliphatic heterocycles. The minimum atomic E-state index is -1.05. The molecule has 104 valence electrons. The van der Waals surface area contributed by atoms with Gasteiger partial charge in [0, 0.05) is 5.56 Å². The van der Waals surface area contributed by atoms with Crippen molar-refractivity contribution in [2.75, 3.05) is 0 Å². The fraction of sp³-hybridized carbons (Fsp3) is 0.133. The summed E-state index contributed by atoms with van der Waals surface area (Å²) in [6.07, 6.45) is 0. The molecule has 2 aromatic carbocycles. The minimum Gasteiger partial charge on any atom is -0.488 e. The van der Waals surface area contributed by atoms with Gasteiger partial charge in [-0.15, -0.1) is 0 Å². The van der Waals surface area contributed by atoms with E-state index in [-0.39, 0.29) is 18.0 Å². The molecule has 2 aromatic rings. The van der Waals surface area contributed by atoms with E-state index in [1.54, 1.807) is 31.2 Å². The second-order valence-corrected chi connectivity index (χ2v) is 5.05. The molecular weight excluding hydrogens is 327 g/mol. The quantitative estimate of drug-likeness (QED) is 0.909. The Balaban J connectivity index is 2.27. The van der Waals surface area contributed by atoms with E-state index in [1.165, 1.54) is 12.1 Å². The molecule has 3 nitrogen and oxygen atoms in total. The van der Waals surface area contributed by atoms with Crippen LogP contribution in [0.5, 0.6) is 5.75 Å². The smallest absolute Gasteiger partial charge is 0.339 e. The first-order valence-corrected chi connectivity index (χ1v) is 6.68. The van der Waals surface area contributed by atoms with Crippen molar-refractivity contribution in [2.24, 2.45) is 0 Å². The molecule has 0 saturated heterocycles. The third kappa shape index (κ3) is 2.99. The second-order valence-electron chi connectivity index (χ2n) is 4.26. The van der Waals surface area contributed by atoms with Crippen molar-refractivity contribution < 1.29 is 19.0 Å². The van der Waals surface area contributed by atoms with Crippen molar-refractivity contribution >= 4 is 21.9 Å². The van der Waals surface area contributed by atoms with Gasteiger partial charge in [0.05, 0.1) is 4.47 Å². The Hall–Kier alpha value is -1.88. The minimum absolute atomic E-state index is 0.0868. The maximum Gasteiger partial charge on any atom is 0.339 e. The molecule has 0 spiro atoms. The highest BCUT2D eigenvalue weighted by Crippen LogP contribution is 2.26. The zero-order valence-corrected chi connectivity index (χ0v) is 12.3. The number of aromatic carboxylic acids is 1. The van der Waals surface area contributed by atoms with Crippen LogP contribution in [-0.2, 0) is 6.61 Å². The van der Waals surface area contributed by atoms with Gasteiger partial charge in [0.2, 0.25) is 0 Å². The molecule has 0 unspecified atom stereocenters. The summed E-state index contributed by atoms with van der Waals surface area (Å²) in [5.41, 5.74) is 1.43. The van der Waals surface area contributed by atoms with Crippen LogP contribution >= 0.6 is 15.9 Å². The Morgan fingerprint density at radius 3 is 2.70 bits per heavy atom. The van der Waals surface area contributed by atoms with E-state index in [9.17, 15) is 9.18 Å². The number of hydrogen-bond acceptors (Lipinski definition) is 2. The lowest BCUT2D eigenvalue weighted by Crippen LogP contribution is -2.05. The standard InChI is InChI=1S/C15H12BrFO3/c1-9-4-2-6-11(15(18)19)14(9)20-8-10-5-3-7-12(17)13(10)16/h2-7H,8H2,1H3,(H,18,19). The molecule has 0 fully saturated rings. The summed E-state index contributed by atoms with van der Waals surface area (Å²) >= 11 is 3.15. The lowest BCUT2D eigenvalue weighted by Gasteiger charge is -2.13. The van der Waals surface area contributed by atoms with E-state index in [0.717, 1.165) is 5.56 Å². The summed E-state index contributed by atoms with van der Waals surface area (Å²) < 4.78 is 19.3. The van der Waals surface area contributed by atoms with Gasteiger partial charge in [-0.1, -0.05) is 24.3 Å². The summed E-state index contributed by atoms with van der Waals surface area (Å²) in [5, 5.41) is 9.14. The maximum absolute atomic E-state index is 13.4. The molecule has 20 heavy (non-hydrogen) atoms. The summed E-state index contributed by atoms with van der Waals surface area (Å²) in [6.45, 7) is 1.85. The van der Waals surface area contributed by atoms with Gasteiger partial charge in [-0.25, -0.2) is 9.18 Å². The van der Waals surface area contributed by atoms with Crippen LogP contribution in [0.25, 0.3) is 0 Å². The molecule has 0 bridgehead atoms. The van der Waals surface area contributed by atoms with Gasteiger partial charge >= 0.3 is 5.97 Å². The summed E-state index contributed by atoms with van der Waals surface area (Å²) in [6, 6.07) is 9.53. The predicted octanol–water partition coefficient (Wildman–Crippen LogP) is 4.17. The van der Waals surface area contributed by atoms with Gasteiger partial charge in [-0.2, -0.15) is 0 Å². The average Bonchev–Trinajstić information content (AvgIpc) is 2.41. The number of benzene rings is 2. The van der Waals surface area contributed by atoms with Gasteiger partial charge < -0.3 is 9.84 Å². The van der Waals surface area contributed by atoms with E-state index < -0.39 is 5.97 Å². The molecule has 0 amide bonds. The van der Waals surface area contributed by atoms with E-state index in [1.807, 2.05) is 0 Å². The first-order chi connectivity index (χ1) is 9.50. The van der Waals surface area contributed by atoms with Crippen molar-refractivity contribution in [3.05, 3.63) is 63.4 Å². The van der Waals surface area contributed by atoms with Gasteiger partial charge in [-0.3, -0.25) is 0 Å². The van der Waals surface area contributed by atoms with Gasteiger partial charge in [0.25, 0.3) is 0 Å². The molecule has 0 heterocycles. The summed E-state index contributed by atoms with van der Waals surface area (Å²) in [5.74, 6) is -1.13. The number of carboxylic acids is 1. The number of aryl methyl sites for hydroxylation is 1. The largest absolute Gasteiger partial charge is 0.488 e. The van der Waals surface area contributed by atoms with E-state index >= 15 is 0 Å². The van der Waals surface area contributed by atoms with E-state index in [2.05, 4.69) is 15.9 Å². The first kappa shape index (κ1) is 14.5. The van der Waals surface area contributed by atoms with Crippen LogP contribution in [-0.4, -0.2) is 11.1 Å². The van der Waals surface area contributed by atoms with Gasteiger partial charge in [-0.05, 0) is 40.5 Å². The molecular formula is C15H12BrFO3. The number of hydrogen-bond donors (Lipinski definition) is 1. The number of ether oxygens (including phenoxy) is 1. The number of carboxylic acid groups (broad SMARTS) is 1. The third-order valence-corrected chi connectivity index (χ3v) is 3.73. The Kier molecular flexibility index (Phi) is 4.39. The normalized spacial score (nSPS) is 10.3. The SMILES string of the molecule is Cc1cccc(C(=O)O)c1OCc1cccc(F)c1Br. The second kappa shape index (κ2) is 6.05. The fourth-order valence-electron chi connectivity index (χ4n) is 1.82. The Morgan fingerprint density at radius 1 is 1.30 bits per heavy atom. The van der Waals surface area contributed by atoms with E-state index in [4.69, 9.17) is 9.84 Å². The predicted molar refractivity (Wildman–Crippen MR) is 76.6 cm³/mol. The lowest BCUT2D eigenvalue weighted by molar-refractivity contribution is 0.0691. The summed E-state index contributed by atoms with van der Waals surface area (Å²) in [7, 11) is 0. The maximum atomic E-state index is 13.4. The van der Waals surface area contributed by atoms with Crippen LogP contribution in [0.4, 0.5) is 4.39 Å². The molecule has 0 aliphatic rings. The highest BCUT2D eigenvalue weighted by atomic mass is 79.9. The number of halogens is 2. The van der Waals surface area contributed by atoms with Crippen LogP contribution in [0.15, 0.2) is 40.9 Å². The van der Waals surface area contributed by atoms with Crippen LogP contribution in [0.1, 0.15) is 21.5 Å². The Morgan fingerprint density at radius 2 is 2.00 bits per heavy atom. The van der Waals surface area contributed by atoms with Crippen molar-refractivity contribution in [3.63, 3.8) is 0 Å². The molecule has 0 atom stereocenters. The van der Waals surface area contributed by atoms with Crippen LogP contribution < -0.4 is 4.74 Å². The number of rotatable bonds is 4. The van der Waals surface area contributed by atoms with Crippen LogP contribution in [0, 0.1) is 12.7 Å². The van der Waals surface area contributed by atoms with Crippen molar-refractivity contribution in [3.8, 4) is 5.75 Å². The lowest BCUT2D eigenvalue weighted by atomic mass is 10.1. The third-order valence-electron chi connectivity index (χ3n) is 2.85. The fourth-order valence-corrected chi connectivity index (χ4v) is 2.20. The summed E-state index contributed by atoms with van der Waals surface area (Å²) in [4.78, 5) is 11.2. The van der Waals surface area contributed by atoms with Crippen molar-refractivity contribution in [1.29, 1.82) is 0 Å². The van der Waals surface area contributed by atoms with Crippen molar-refractivity contribution in [1.82, 2.24) is 0 Å². The molecule has 0 radical (unpaired) electrons. The topological polar surface area (TPSA) is 46.5 Å². The van der Waals surface area contributed by atoms with Gasteiger partial charge in [0.15, 0.2) is 0 Å². The average molecular weight is 339 g/mol. The monoisotopic (exact) mass is 338 g/mol. The number of carbonyl (C=O) groups is 1. The Labute approximate surface area is 124 Å².